The molecule has 0 saturated carbocycles. The number of nitrogens with zero attached hydrogens (tertiary/aromatic N) is 1. The molecule has 1 aromatic heterocycles. The van der Waals surface area contributed by atoms with E-state index in [1.165, 1.54) is 0 Å². The van der Waals surface area contributed by atoms with Gasteiger partial charge in [0.25, 0.3) is 0 Å². The second-order valence-corrected chi connectivity index (χ2v) is 7.89. The highest BCUT2D eigenvalue weighted by Crippen LogP contribution is 2.34. The molecule has 23 heavy (non-hydrogen) atoms. The lowest BCUT2D eigenvalue weighted by atomic mass is 10.1. The lowest BCUT2D eigenvalue weighted by molar-refractivity contribution is 0.174. The van der Waals surface area contributed by atoms with Gasteiger partial charge >= 0.3 is 6.03 Å². The number of ether oxygens (including phenoxy) is 2. The first-order valence-corrected chi connectivity index (χ1v) is 8.79. The van der Waals surface area contributed by atoms with Gasteiger partial charge < -0.3 is 19.7 Å². The van der Waals surface area contributed by atoms with Gasteiger partial charge in [-0.25, -0.2) is 4.79 Å². The maximum absolute atomic E-state index is 12.3. The van der Waals surface area contributed by atoms with Gasteiger partial charge in [0, 0.05) is 11.9 Å². The van der Waals surface area contributed by atoms with E-state index in [4.69, 9.17) is 9.47 Å². The molecule has 3 rings (SSSR count). The van der Waals surface area contributed by atoms with Gasteiger partial charge in [-0.05, 0) is 52.7 Å². The number of fused-ring (bicyclic) bond motifs is 1. The minimum atomic E-state index is -0.116. The van der Waals surface area contributed by atoms with Crippen LogP contribution in [-0.4, -0.2) is 24.8 Å². The number of nitrogens with one attached hydrogen (secondary N) is 1. The molecule has 1 aromatic carbocycles. The summed E-state index contributed by atoms with van der Waals surface area (Å²) in [7, 11) is 1.79. The van der Waals surface area contributed by atoms with Crippen molar-refractivity contribution in [3.8, 4) is 11.5 Å². The molecule has 2 heterocycles. The van der Waals surface area contributed by atoms with E-state index in [1.54, 1.807) is 23.3 Å². The van der Waals surface area contributed by atoms with Crippen LogP contribution in [0.25, 0.3) is 0 Å². The number of hydrogen-bond acceptors (Lipinski definition) is 4. The van der Waals surface area contributed by atoms with Crippen LogP contribution in [-0.2, 0) is 6.54 Å². The lowest BCUT2D eigenvalue weighted by Crippen LogP contribution is -2.38. The summed E-state index contributed by atoms with van der Waals surface area (Å²) in [4.78, 5) is 15.1. The van der Waals surface area contributed by atoms with Crippen LogP contribution in [0, 0.1) is 0 Å². The molecule has 1 unspecified atom stereocenters. The Morgan fingerprint density at radius 3 is 2.87 bits per heavy atom. The molecule has 122 valence electrons. The zero-order valence-electron chi connectivity index (χ0n) is 12.8. The second-order valence-electron chi connectivity index (χ2n) is 5.35. The van der Waals surface area contributed by atoms with E-state index in [0.717, 1.165) is 25.7 Å². The largest absolute Gasteiger partial charge is 0.454 e. The molecule has 0 bridgehead atoms. The lowest BCUT2D eigenvalue weighted by Gasteiger charge is -2.21. The summed E-state index contributed by atoms with van der Waals surface area (Å²) < 4.78 is 11.7. The summed E-state index contributed by atoms with van der Waals surface area (Å²) in [6.45, 7) is 2.78. The van der Waals surface area contributed by atoms with Crippen LogP contribution in [0.4, 0.5) is 4.79 Å². The van der Waals surface area contributed by atoms with Crippen LogP contribution in [0.5, 0.6) is 11.5 Å². The normalized spacial score (nSPS) is 13.7. The minimum absolute atomic E-state index is 0.111. The van der Waals surface area contributed by atoms with Crippen molar-refractivity contribution in [1.29, 1.82) is 0 Å². The fourth-order valence-corrected chi connectivity index (χ4v) is 3.84. The molecule has 0 fully saturated rings. The maximum Gasteiger partial charge on any atom is 0.317 e. The fraction of sp³-hybridized carbons (Fsp3) is 0.312. The van der Waals surface area contributed by atoms with Crippen LogP contribution in [0.15, 0.2) is 34.1 Å². The molecule has 5 nitrogen and oxygen atoms in total. The Labute approximate surface area is 147 Å². The van der Waals surface area contributed by atoms with Crippen LogP contribution < -0.4 is 14.8 Å². The number of carbonyl (C=O) groups excluding carboxylic acids is 1. The summed E-state index contributed by atoms with van der Waals surface area (Å²) in [6.07, 6.45) is 0. The summed E-state index contributed by atoms with van der Waals surface area (Å²) >= 11 is 5.06. The average molecular weight is 397 g/mol. The van der Waals surface area contributed by atoms with Crippen molar-refractivity contribution in [1.82, 2.24) is 10.2 Å². The Bertz CT molecular complexity index is 719. The number of benzene rings is 1. The monoisotopic (exact) mass is 396 g/mol. The molecule has 0 spiro atoms. The first-order chi connectivity index (χ1) is 11.0. The predicted octanol–water partition coefficient (Wildman–Crippen LogP) is 4.14. The number of rotatable bonds is 4. The average Bonchev–Trinajstić information content (AvgIpc) is 3.14. The third-order valence-corrected chi connectivity index (χ3v) is 5.21. The minimum Gasteiger partial charge on any atom is -0.454 e. The molecule has 1 atom stereocenters. The van der Waals surface area contributed by atoms with Crippen molar-refractivity contribution in [3.05, 3.63) is 44.6 Å². The third-order valence-electron chi connectivity index (χ3n) is 3.61. The Morgan fingerprint density at radius 2 is 2.13 bits per heavy atom. The number of halogens is 1. The van der Waals surface area contributed by atoms with E-state index >= 15 is 0 Å². The van der Waals surface area contributed by atoms with E-state index in [1.807, 2.05) is 37.3 Å². The second kappa shape index (κ2) is 6.80. The summed E-state index contributed by atoms with van der Waals surface area (Å²) in [5, 5.41) is 3.00. The summed E-state index contributed by atoms with van der Waals surface area (Å²) in [5.41, 5.74) is 0.981. The van der Waals surface area contributed by atoms with E-state index < -0.39 is 0 Å². The van der Waals surface area contributed by atoms with E-state index in [-0.39, 0.29) is 18.9 Å². The number of urea groups is 1. The van der Waals surface area contributed by atoms with Crippen molar-refractivity contribution in [2.24, 2.45) is 0 Å². The number of thiophene rings is 1. The van der Waals surface area contributed by atoms with Crippen molar-refractivity contribution < 1.29 is 14.3 Å². The van der Waals surface area contributed by atoms with Crippen molar-refractivity contribution in [2.75, 3.05) is 13.8 Å². The molecular formula is C16H17BrN2O3S. The van der Waals surface area contributed by atoms with Gasteiger partial charge in [-0.2, -0.15) is 0 Å². The highest BCUT2D eigenvalue weighted by Gasteiger charge is 2.18. The molecule has 2 aromatic rings. The smallest absolute Gasteiger partial charge is 0.317 e. The van der Waals surface area contributed by atoms with Gasteiger partial charge in [-0.3, -0.25) is 0 Å². The molecule has 1 N–H and O–H groups in total. The maximum atomic E-state index is 12.3. The summed E-state index contributed by atoms with van der Waals surface area (Å²) in [5.74, 6) is 1.47. The fourth-order valence-electron chi connectivity index (χ4n) is 2.30. The zero-order valence-corrected chi connectivity index (χ0v) is 15.2. The quantitative estimate of drug-likeness (QED) is 0.844. The van der Waals surface area contributed by atoms with Gasteiger partial charge in [0.15, 0.2) is 11.5 Å². The Morgan fingerprint density at radius 1 is 1.35 bits per heavy atom. The van der Waals surface area contributed by atoms with Gasteiger partial charge in [0.1, 0.15) is 0 Å². The standard InChI is InChI=1S/C16H17BrN2O3S/c1-10(11-3-5-13-14(7-11)22-9-21-13)18-16(20)19(2)8-12-4-6-15(17)23-12/h3-7,10H,8-9H2,1-2H3,(H,18,20). The zero-order chi connectivity index (χ0) is 16.4. The molecule has 0 aliphatic carbocycles. The molecule has 0 saturated heterocycles. The topological polar surface area (TPSA) is 50.8 Å². The Balaban J connectivity index is 1.60. The Kier molecular flexibility index (Phi) is 4.77. The van der Waals surface area contributed by atoms with E-state index in [2.05, 4.69) is 21.2 Å². The van der Waals surface area contributed by atoms with Gasteiger partial charge in [0.05, 0.1) is 16.4 Å². The van der Waals surface area contributed by atoms with Crippen LogP contribution >= 0.6 is 27.3 Å². The highest BCUT2D eigenvalue weighted by molar-refractivity contribution is 9.11. The molecular weight excluding hydrogens is 380 g/mol. The molecule has 1 aliphatic rings. The van der Waals surface area contributed by atoms with Crippen LogP contribution in [0.1, 0.15) is 23.4 Å². The third kappa shape index (κ3) is 3.79. The van der Waals surface area contributed by atoms with Crippen molar-refractivity contribution in [2.45, 2.75) is 19.5 Å². The van der Waals surface area contributed by atoms with Crippen molar-refractivity contribution in [3.63, 3.8) is 0 Å². The van der Waals surface area contributed by atoms with Gasteiger partial charge in [-0.15, -0.1) is 11.3 Å². The SMILES string of the molecule is CC(NC(=O)N(C)Cc1ccc(Br)s1)c1ccc2c(c1)OCO2. The predicted molar refractivity (Wildman–Crippen MR) is 93.0 cm³/mol. The molecule has 1 aliphatic heterocycles. The Hall–Kier alpha value is -1.73. The van der Waals surface area contributed by atoms with Crippen LogP contribution in [0.3, 0.4) is 0 Å². The first-order valence-electron chi connectivity index (χ1n) is 7.18. The first kappa shape index (κ1) is 16.1. The van der Waals surface area contributed by atoms with E-state index in [0.29, 0.717) is 6.54 Å². The number of hydrogen-bond donors (Lipinski definition) is 1. The number of amides is 2. The van der Waals surface area contributed by atoms with Crippen molar-refractivity contribution >= 4 is 33.3 Å². The molecule has 2 amide bonds. The highest BCUT2D eigenvalue weighted by atomic mass is 79.9. The van der Waals surface area contributed by atoms with Gasteiger partial charge in [0.2, 0.25) is 6.79 Å². The summed E-state index contributed by atoms with van der Waals surface area (Å²) in [6, 6.07) is 9.49. The molecule has 0 radical (unpaired) electrons. The molecule has 7 heteroatoms. The van der Waals surface area contributed by atoms with Gasteiger partial charge in [-0.1, -0.05) is 6.07 Å². The van der Waals surface area contributed by atoms with E-state index in [9.17, 15) is 4.79 Å². The number of carbonyl (C=O) groups is 1. The van der Waals surface area contributed by atoms with Crippen LogP contribution in [0.2, 0.25) is 0 Å².